The first kappa shape index (κ1) is 17.5. The molecular weight excluding hydrogens is 421 g/mol. The van der Waals surface area contributed by atoms with Gasteiger partial charge in [-0.1, -0.05) is 33.4 Å². The van der Waals surface area contributed by atoms with Crippen molar-refractivity contribution in [2.75, 3.05) is 0 Å². The van der Waals surface area contributed by atoms with Crippen molar-refractivity contribution in [1.82, 2.24) is 0 Å². The van der Waals surface area contributed by atoms with Crippen molar-refractivity contribution in [3.8, 4) is 0 Å². The molecule has 1 aliphatic rings. The van der Waals surface area contributed by atoms with Crippen molar-refractivity contribution >= 4 is 0 Å². The maximum atomic E-state index is 5.37. The first-order chi connectivity index (χ1) is 5.36. The van der Waals surface area contributed by atoms with Gasteiger partial charge in [-0.2, -0.15) is 0 Å². The Morgan fingerprint density at radius 3 is 1.86 bits per heavy atom. The predicted octanol–water partition coefficient (Wildman–Crippen LogP) is 3.11. The Morgan fingerprint density at radius 1 is 1.29 bits per heavy atom. The van der Waals surface area contributed by atoms with Gasteiger partial charge in [-0.3, -0.25) is 0 Å². The van der Waals surface area contributed by atoms with Crippen LogP contribution in [0.2, 0.25) is 0 Å². The summed E-state index contributed by atoms with van der Waals surface area (Å²) in [6.45, 7) is 19.9. The van der Waals surface area contributed by atoms with Gasteiger partial charge in [0.05, 0.1) is 11.5 Å². The second-order valence-electron chi connectivity index (χ2n) is 3.72. The summed E-state index contributed by atoms with van der Waals surface area (Å²) in [6, 6.07) is 0. The smallest absolute Gasteiger partial charge is 0.472 e. The van der Waals surface area contributed by atoms with Crippen LogP contribution in [0.3, 0.4) is 0 Å². The molecule has 1 fully saturated rings. The minimum atomic E-state index is -0.348. The molecule has 0 bridgehead atoms. The fourth-order valence-electron chi connectivity index (χ4n) is 1.52. The van der Waals surface area contributed by atoms with Crippen LogP contribution < -0.4 is 0 Å². The molecule has 2 atom stereocenters. The van der Waals surface area contributed by atoms with Crippen molar-refractivity contribution in [1.29, 1.82) is 0 Å². The fraction of sp³-hybridized carbons (Fsp3) is 0.455. The summed E-state index contributed by atoms with van der Waals surface area (Å²) < 4.78 is 5.37. The van der Waals surface area contributed by atoms with Gasteiger partial charge in [0.2, 0.25) is 0 Å². The van der Waals surface area contributed by atoms with Crippen LogP contribution in [0.5, 0.6) is 0 Å². The van der Waals surface area contributed by atoms with E-state index in [0.29, 0.717) is 11.5 Å². The van der Waals surface area contributed by atoms with Gasteiger partial charge in [0.25, 0.3) is 0 Å². The summed E-state index contributed by atoms with van der Waals surface area (Å²) in [5, 5.41) is 0. The molecule has 75 valence electrons. The van der Waals surface area contributed by atoms with E-state index in [2.05, 4.69) is 33.9 Å². The van der Waals surface area contributed by atoms with E-state index in [1.807, 2.05) is 6.92 Å². The quantitative estimate of drug-likeness (QED) is 0.574. The van der Waals surface area contributed by atoms with Crippen LogP contribution in [-0.2, 0) is 58.5 Å². The Kier molecular flexibility index (Phi) is 6.76. The molecule has 1 radical (unpaired) electrons. The van der Waals surface area contributed by atoms with Crippen LogP contribution in [0.15, 0.2) is 24.7 Å². The summed E-state index contributed by atoms with van der Waals surface area (Å²) >= 11 is 0. The van der Waals surface area contributed by atoms with Gasteiger partial charge in [0.15, 0.2) is 0 Å². The molecule has 0 N–H and O–H groups in total. The summed E-state index contributed by atoms with van der Waals surface area (Å²) in [5.74, 6) is 1.36. The van der Waals surface area contributed by atoms with Crippen molar-refractivity contribution in [3.63, 3.8) is 0 Å². The molecule has 14 heavy (non-hydrogen) atoms. The molecule has 2 unspecified atom stereocenters. The molecule has 0 aromatic carbocycles. The third-order valence-corrected chi connectivity index (χ3v) is 3.06. The first-order valence-corrected chi connectivity index (χ1v) is 4.13. The zero-order valence-corrected chi connectivity index (χ0v) is 14.7. The largest absolute Gasteiger partial charge is 2.00 e. The molecule has 1 aliphatic heterocycles. The van der Waals surface area contributed by atoms with Gasteiger partial charge in [-0.15, -0.1) is 10.8 Å². The molecule has 0 aromatic rings. The number of hydrogen-bond acceptors (Lipinski definition) is 1. The van der Waals surface area contributed by atoms with Gasteiger partial charge in [0.1, 0.15) is 0 Å². The summed E-state index contributed by atoms with van der Waals surface area (Å²) in [6.07, 6.45) is 0.866. The van der Waals surface area contributed by atoms with Gasteiger partial charge in [-0.25, -0.2) is 0 Å². The van der Waals surface area contributed by atoms with Gasteiger partial charge >= 0.3 is 21.1 Å². The van der Waals surface area contributed by atoms with E-state index < -0.39 is 0 Å². The van der Waals surface area contributed by atoms with E-state index in [1.165, 1.54) is 0 Å². The second kappa shape index (κ2) is 5.42. The third-order valence-electron chi connectivity index (χ3n) is 3.06. The zero-order valence-electron chi connectivity index (χ0n) is 8.93. The van der Waals surface area contributed by atoms with Crippen LogP contribution in [0, 0.1) is 24.7 Å². The van der Waals surface area contributed by atoms with Gasteiger partial charge in [-0.05, 0) is 0 Å². The van der Waals surface area contributed by atoms with E-state index >= 15 is 0 Å². The fourth-order valence-corrected chi connectivity index (χ4v) is 1.52. The summed E-state index contributed by atoms with van der Waals surface area (Å²) in [4.78, 5) is 0. The number of ether oxygens (including phenoxy) is 1. The monoisotopic (exact) mass is 437 g/mol. The normalized spacial score (nSPS) is 35.7. The molecule has 0 amide bonds. The molecule has 3 heteroatoms. The number of hydrogen-bond donors (Lipinski definition) is 0. The Morgan fingerprint density at radius 2 is 1.71 bits per heavy atom. The van der Waals surface area contributed by atoms with Crippen LogP contribution >= 0.6 is 0 Å². The van der Waals surface area contributed by atoms with E-state index in [-0.39, 0.29) is 64.6 Å². The first-order valence-electron chi connectivity index (χ1n) is 4.13. The Hall–Kier alpha value is 1.07. The zero-order chi connectivity index (χ0) is 9.57. The maximum absolute atomic E-state index is 5.37. The summed E-state index contributed by atoms with van der Waals surface area (Å²) in [7, 11) is 0. The second-order valence-corrected chi connectivity index (χ2v) is 3.72. The van der Waals surface area contributed by atoms with Crippen LogP contribution in [0.1, 0.15) is 20.3 Å². The van der Waals surface area contributed by atoms with Crippen LogP contribution in [0.4, 0.5) is 0 Å². The van der Waals surface area contributed by atoms with Crippen LogP contribution in [-0.4, -0.2) is 0 Å². The molecule has 1 nitrogen and oxygen atoms in total. The molecule has 1 heterocycles. The van der Waals surface area contributed by atoms with Crippen LogP contribution in [0.25, 0.3) is 0 Å². The van der Waals surface area contributed by atoms with E-state index in [4.69, 9.17) is 4.74 Å². The van der Waals surface area contributed by atoms with Crippen molar-refractivity contribution in [3.05, 3.63) is 38.5 Å². The topological polar surface area (TPSA) is 9.23 Å². The molecule has 1 rings (SSSR count). The standard InChI is InChI=1S/C11H16O.W.Y/c1-7-11(6)9(3)12-8(2)10(11,4)5;;/h2-4,6-7H2,1,5H3;;/q-2;+2;. The van der Waals surface area contributed by atoms with Crippen molar-refractivity contribution < 1.29 is 58.5 Å². The molecule has 0 saturated carbocycles. The third kappa shape index (κ3) is 2.25. The Bertz CT molecular complexity index is 248. The van der Waals surface area contributed by atoms with E-state index in [9.17, 15) is 0 Å². The van der Waals surface area contributed by atoms with Gasteiger partial charge < -0.3 is 18.6 Å². The molecular formula is C11H16OWY. The molecule has 0 aliphatic carbocycles. The Balaban J connectivity index is 0. The summed E-state index contributed by atoms with van der Waals surface area (Å²) in [5.41, 5.74) is -0.664. The van der Waals surface area contributed by atoms with Crippen molar-refractivity contribution in [2.45, 2.75) is 20.3 Å². The number of rotatable bonds is 1. The average Bonchev–Trinajstić information content (AvgIpc) is 2.14. The average molecular weight is 437 g/mol. The molecule has 0 aromatic heterocycles. The minimum absolute atomic E-state index is 0. The van der Waals surface area contributed by atoms with Crippen molar-refractivity contribution in [2.24, 2.45) is 10.8 Å². The SMILES string of the molecule is C=C1OC(=C)C([CH2-])(CC)C1([CH2-])C.[W+2].[Y]. The molecule has 0 spiro atoms. The van der Waals surface area contributed by atoms with E-state index in [0.717, 1.165) is 6.42 Å². The Labute approximate surface area is 127 Å². The molecule has 1 saturated heterocycles. The maximum Gasteiger partial charge on any atom is 2.00 e. The number of allylic oxidation sites excluding steroid dienone is 2. The van der Waals surface area contributed by atoms with Gasteiger partial charge in [0, 0.05) is 32.7 Å². The van der Waals surface area contributed by atoms with E-state index in [1.54, 1.807) is 0 Å². The minimum Gasteiger partial charge on any atom is -0.472 e. The predicted molar refractivity (Wildman–Crippen MR) is 50.9 cm³/mol.